The molecule has 0 aliphatic heterocycles. The molecule has 2 atom stereocenters. The van der Waals surface area contributed by atoms with E-state index >= 15 is 0 Å². The molecule has 0 unspecified atom stereocenters. The second kappa shape index (κ2) is 13.2. The summed E-state index contributed by atoms with van der Waals surface area (Å²) in [5, 5.41) is 6.98. The zero-order valence-corrected chi connectivity index (χ0v) is 19.9. The van der Waals surface area contributed by atoms with Crippen molar-refractivity contribution in [3.05, 3.63) is 35.9 Å². The summed E-state index contributed by atoms with van der Waals surface area (Å²) >= 11 is 0. The molecule has 1 saturated carbocycles. The monoisotopic (exact) mass is 445 g/mol. The minimum atomic E-state index is -0.694. The highest BCUT2D eigenvalue weighted by atomic mass is 16.7. The molecule has 0 bridgehead atoms. The average molecular weight is 446 g/mol. The van der Waals surface area contributed by atoms with E-state index in [1.165, 1.54) is 18.6 Å². The Balaban J connectivity index is 2.07. The van der Waals surface area contributed by atoms with Crippen molar-refractivity contribution in [2.24, 2.45) is 11.8 Å². The Labute approximate surface area is 192 Å². The molecule has 1 aliphatic carbocycles. The number of hydroxylamine groups is 2. The molecule has 0 aromatic heterocycles. The van der Waals surface area contributed by atoms with Crippen LogP contribution in [0.25, 0.3) is 0 Å². The Kier molecular flexibility index (Phi) is 10.7. The molecule has 2 N–H and O–H groups in total. The fraction of sp³-hybridized carbons (Fsp3) is 0.640. The lowest BCUT2D eigenvalue weighted by atomic mass is 9.84. The van der Waals surface area contributed by atoms with E-state index in [1.807, 2.05) is 44.2 Å². The maximum Gasteiger partial charge on any atom is 0.268 e. The number of hydrogen-bond donors (Lipinski definition) is 2. The minimum Gasteiger partial charge on any atom is -0.344 e. The molecule has 1 aromatic carbocycles. The van der Waals surface area contributed by atoms with Crippen LogP contribution in [-0.4, -0.2) is 49.0 Å². The topological polar surface area (TPSA) is 87.7 Å². The Morgan fingerprint density at radius 1 is 1.03 bits per heavy atom. The predicted octanol–water partition coefficient (Wildman–Crippen LogP) is 3.24. The molecule has 2 rings (SSSR count). The molecular formula is C25H39N3O4. The number of amides is 3. The van der Waals surface area contributed by atoms with Crippen LogP contribution in [0, 0.1) is 11.8 Å². The van der Waals surface area contributed by atoms with Crippen LogP contribution in [0.2, 0.25) is 0 Å². The van der Waals surface area contributed by atoms with Crippen LogP contribution >= 0.6 is 0 Å². The number of rotatable bonds is 11. The van der Waals surface area contributed by atoms with Gasteiger partial charge in [0.15, 0.2) is 0 Å². The van der Waals surface area contributed by atoms with Gasteiger partial charge in [0.2, 0.25) is 11.8 Å². The number of carbonyl (C=O) groups is 3. The first-order chi connectivity index (χ1) is 15.3. The van der Waals surface area contributed by atoms with Crippen molar-refractivity contribution >= 4 is 17.7 Å². The molecule has 32 heavy (non-hydrogen) atoms. The number of nitrogens with zero attached hydrogens (tertiary/aromatic N) is 1. The number of benzene rings is 1. The van der Waals surface area contributed by atoms with Crippen molar-refractivity contribution in [3.63, 3.8) is 0 Å². The summed E-state index contributed by atoms with van der Waals surface area (Å²) in [6.07, 6.45) is 6.97. The second-order valence-corrected chi connectivity index (χ2v) is 9.23. The van der Waals surface area contributed by atoms with Crippen molar-refractivity contribution in [3.8, 4) is 0 Å². The largest absolute Gasteiger partial charge is 0.344 e. The van der Waals surface area contributed by atoms with E-state index in [-0.39, 0.29) is 30.1 Å². The second-order valence-electron chi connectivity index (χ2n) is 9.23. The van der Waals surface area contributed by atoms with Gasteiger partial charge < -0.3 is 10.6 Å². The van der Waals surface area contributed by atoms with Gasteiger partial charge in [-0.1, -0.05) is 76.3 Å². The highest BCUT2D eigenvalue weighted by Crippen LogP contribution is 2.27. The Morgan fingerprint density at radius 3 is 2.28 bits per heavy atom. The molecule has 1 aromatic rings. The zero-order chi connectivity index (χ0) is 23.5. The number of carbonyl (C=O) groups excluding carboxylic acids is 3. The van der Waals surface area contributed by atoms with Gasteiger partial charge in [0.25, 0.3) is 5.91 Å². The smallest absolute Gasteiger partial charge is 0.268 e. The van der Waals surface area contributed by atoms with Gasteiger partial charge in [-0.2, -0.15) is 0 Å². The molecule has 7 nitrogen and oxygen atoms in total. The summed E-state index contributed by atoms with van der Waals surface area (Å²) in [5.74, 6) is -0.193. The Bertz CT molecular complexity index is 732. The van der Waals surface area contributed by atoms with Gasteiger partial charge in [-0.15, -0.1) is 0 Å². The summed E-state index contributed by atoms with van der Waals surface area (Å²) in [5.41, 5.74) is 0.890. The van der Waals surface area contributed by atoms with E-state index in [9.17, 15) is 14.4 Å². The number of likely N-dealkylation sites (N-methyl/N-ethyl adjacent to an activating group) is 1. The molecular weight excluding hydrogens is 406 g/mol. The van der Waals surface area contributed by atoms with Crippen molar-refractivity contribution < 1.29 is 19.2 Å². The van der Waals surface area contributed by atoms with Crippen LogP contribution in [0.4, 0.5) is 0 Å². The number of hydrogen-bond acceptors (Lipinski definition) is 4. The van der Waals surface area contributed by atoms with E-state index in [2.05, 4.69) is 10.6 Å². The van der Waals surface area contributed by atoms with E-state index in [0.717, 1.165) is 31.2 Å². The molecule has 0 radical (unpaired) electrons. The van der Waals surface area contributed by atoms with Crippen molar-refractivity contribution in [1.82, 2.24) is 15.7 Å². The molecule has 7 heteroatoms. The summed E-state index contributed by atoms with van der Waals surface area (Å²) < 4.78 is 0. The summed E-state index contributed by atoms with van der Waals surface area (Å²) in [4.78, 5) is 43.8. The zero-order valence-electron chi connectivity index (χ0n) is 19.9. The molecule has 0 heterocycles. The quantitative estimate of drug-likeness (QED) is 0.512. The third-order valence-electron chi connectivity index (χ3n) is 6.06. The van der Waals surface area contributed by atoms with E-state index < -0.39 is 12.1 Å². The first kappa shape index (κ1) is 25.8. The van der Waals surface area contributed by atoms with Crippen molar-refractivity contribution in [2.75, 3.05) is 14.2 Å². The standard InChI is InChI=1S/C25H39N3O4/c1-18(2)15-21(26-23(29)17-20-13-9-6-10-14-20)24(30)27-22(25(31)28(3)32-4)16-19-11-7-5-8-12-19/h6,9-10,13-14,18-19,21-22H,5,7-8,11-12,15-17H2,1-4H3,(H,26,29)(H,27,30)/t21-,22-/m0/s1. The summed E-state index contributed by atoms with van der Waals surface area (Å²) in [6.45, 7) is 4.01. The highest BCUT2D eigenvalue weighted by Gasteiger charge is 2.31. The lowest BCUT2D eigenvalue weighted by Gasteiger charge is -2.30. The molecule has 0 spiro atoms. The molecule has 178 valence electrons. The van der Waals surface area contributed by atoms with Gasteiger partial charge in [-0.3, -0.25) is 19.2 Å². The third-order valence-corrected chi connectivity index (χ3v) is 6.06. The first-order valence-corrected chi connectivity index (χ1v) is 11.8. The Morgan fingerprint density at radius 2 is 1.69 bits per heavy atom. The van der Waals surface area contributed by atoms with E-state index in [4.69, 9.17) is 4.84 Å². The minimum absolute atomic E-state index is 0.205. The molecule has 1 aliphatic rings. The molecule has 0 saturated heterocycles. The first-order valence-electron chi connectivity index (χ1n) is 11.8. The van der Waals surface area contributed by atoms with Gasteiger partial charge in [0.05, 0.1) is 13.5 Å². The van der Waals surface area contributed by atoms with Crippen LogP contribution in [0.1, 0.15) is 64.4 Å². The Hall–Kier alpha value is -2.41. The maximum atomic E-state index is 13.2. The molecule has 3 amide bonds. The SMILES string of the molecule is CON(C)C(=O)[C@H](CC1CCCCC1)NC(=O)[C@H](CC(C)C)NC(=O)Cc1ccccc1. The lowest BCUT2D eigenvalue weighted by Crippen LogP contribution is -2.54. The van der Waals surface area contributed by atoms with Crippen LogP contribution in [0.3, 0.4) is 0 Å². The third kappa shape index (κ3) is 8.61. The van der Waals surface area contributed by atoms with Gasteiger partial charge in [-0.25, -0.2) is 5.06 Å². The van der Waals surface area contributed by atoms with E-state index in [0.29, 0.717) is 18.8 Å². The summed E-state index contributed by atoms with van der Waals surface area (Å²) in [6, 6.07) is 8.07. The fourth-order valence-corrected chi connectivity index (χ4v) is 4.29. The predicted molar refractivity (Wildman–Crippen MR) is 124 cm³/mol. The maximum absolute atomic E-state index is 13.2. The van der Waals surface area contributed by atoms with Gasteiger partial charge >= 0.3 is 0 Å². The molecule has 1 fully saturated rings. The van der Waals surface area contributed by atoms with Gasteiger partial charge in [0, 0.05) is 7.05 Å². The normalized spacial score (nSPS) is 16.3. The average Bonchev–Trinajstić information content (AvgIpc) is 2.78. The lowest BCUT2D eigenvalue weighted by molar-refractivity contribution is -0.172. The van der Waals surface area contributed by atoms with Crippen LogP contribution in [0.15, 0.2) is 30.3 Å². The summed E-state index contributed by atoms with van der Waals surface area (Å²) in [7, 11) is 2.98. The van der Waals surface area contributed by atoms with E-state index in [1.54, 1.807) is 7.05 Å². The van der Waals surface area contributed by atoms with Crippen LogP contribution in [0.5, 0.6) is 0 Å². The van der Waals surface area contributed by atoms with Crippen LogP contribution in [-0.2, 0) is 25.6 Å². The van der Waals surface area contributed by atoms with Crippen molar-refractivity contribution in [2.45, 2.75) is 77.3 Å². The van der Waals surface area contributed by atoms with Gasteiger partial charge in [-0.05, 0) is 30.2 Å². The van der Waals surface area contributed by atoms with Gasteiger partial charge in [0.1, 0.15) is 12.1 Å². The highest BCUT2D eigenvalue weighted by molar-refractivity contribution is 5.92. The fourth-order valence-electron chi connectivity index (χ4n) is 4.29. The number of nitrogens with one attached hydrogen (secondary N) is 2. The van der Waals surface area contributed by atoms with Crippen molar-refractivity contribution in [1.29, 1.82) is 0 Å². The van der Waals surface area contributed by atoms with Crippen LogP contribution < -0.4 is 10.6 Å².